The number of nitrogens with zero attached hydrogens (tertiary/aromatic N) is 1. The van der Waals surface area contributed by atoms with Gasteiger partial charge in [-0.15, -0.1) is 0 Å². The fourth-order valence-corrected chi connectivity index (χ4v) is 3.26. The molecule has 0 radical (unpaired) electrons. The molecule has 2 heterocycles. The van der Waals surface area contributed by atoms with Gasteiger partial charge in [0.2, 0.25) is 5.55 Å². The molecular weight excluding hydrogens is 356 g/mol. The summed E-state index contributed by atoms with van der Waals surface area (Å²) < 4.78 is 17.0. The van der Waals surface area contributed by atoms with Gasteiger partial charge in [-0.3, -0.25) is 4.79 Å². The van der Waals surface area contributed by atoms with Gasteiger partial charge in [0.25, 0.3) is 5.91 Å². The number of para-hydroxylation sites is 2. The number of fused-ring (bicyclic) bond motifs is 1. The van der Waals surface area contributed by atoms with Crippen LogP contribution in [0.2, 0.25) is 0 Å². The van der Waals surface area contributed by atoms with Crippen molar-refractivity contribution in [2.45, 2.75) is 18.9 Å². The van der Waals surface area contributed by atoms with E-state index >= 15 is 0 Å². The number of rotatable bonds is 5. The average molecular weight is 378 g/mol. The average Bonchev–Trinajstić information content (AvgIpc) is 3.25. The fourth-order valence-electron chi connectivity index (χ4n) is 3.26. The Balaban J connectivity index is 1.77. The lowest BCUT2D eigenvalue weighted by atomic mass is 10.1. The Bertz CT molecular complexity index is 1040. The summed E-state index contributed by atoms with van der Waals surface area (Å²) in [4.78, 5) is 17.4. The smallest absolute Gasteiger partial charge is 0.256 e. The second kappa shape index (κ2) is 8.27. The third-order valence-corrected chi connectivity index (χ3v) is 4.70. The number of hydrogen-bond acceptors (Lipinski definition) is 5. The van der Waals surface area contributed by atoms with Gasteiger partial charge in [0.15, 0.2) is 11.3 Å². The molecule has 144 valence electrons. The molecule has 6 heteroatoms. The van der Waals surface area contributed by atoms with Crippen molar-refractivity contribution in [3.05, 3.63) is 65.7 Å². The van der Waals surface area contributed by atoms with Gasteiger partial charge >= 0.3 is 0 Å². The van der Waals surface area contributed by atoms with E-state index in [1.807, 2.05) is 48.5 Å². The van der Waals surface area contributed by atoms with Crippen LogP contribution in [0.5, 0.6) is 5.75 Å². The normalized spacial score (nSPS) is 17.0. The first kappa shape index (κ1) is 18.3. The number of hydrogen-bond donors (Lipinski definition) is 1. The van der Waals surface area contributed by atoms with Crippen LogP contribution in [0, 0.1) is 0 Å². The summed E-state index contributed by atoms with van der Waals surface area (Å²) in [7, 11) is 1.58. The predicted octanol–water partition coefficient (Wildman–Crippen LogP) is 3.58. The van der Waals surface area contributed by atoms with Crippen LogP contribution in [0.4, 0.5) is 5.69 Å². The Hall–Kier alpha value is -3.12. The molecular formula is C22H22N2O4. The van der Waals surface area contributed by atoms with Crippen molar-refractivity contribution < 1.29 is 18.7 Å². The summed E-state index contributed by atoms with van der Waals surface area (Å²) in [5.41, 5.74) is 1.87. The van der Waals surface area contributed by atoms with Gasteiger partial charge < -0.3 is 19.2 Å². The molecule has 0 bridgehead atoms. The summed E-state index contributed by atoms with van der Waals surface area (Å²) in [5, 5.41) is 3.72. The van der Waals surface area contributed by atoms with Crippen molar-refractivity contribution >= 4 is 22.6 Å². The minimum absolute atomic E-state index is 0.0657. The Kier molecular flexibility index (Phi) is 5.39. The van der Waals surface area contributed by atoms with Crippen LogP contribution in [-0.2, 0) is 4.74 Å². The van der Waals surface area contributed by atoms with Crippen molar-refractivity contribution in [2.75, 3.05) is 20.3 Å². The molecule has 1 amide bonds. The number of benzene rings is 2. The van der Waals surface area contributed by atoms with E-state index in [0.29, 0.717) is 29.1 Å². The summed E-state index contributed by atoms with van der Waals surface area (Å²) in [6.07, 6.45) is 2.05. The van der Waals surface area contributed by atoms with Crippen LogP contribution in [0.15, 0.2) is 64.0 Å². The Labute approximate surface area is 162 Å². The first-order chi connectivity index (χ1) is 13.7. The zero-order valence-electron chi connectivity index (χ0n) is 15.7. The second-order valence-corrected chi connectivity index (χ2v) is 6.64. The highest BCUT2D eigenvalue weighted by atomic mass is 16.5. The number of methoxy groups -OCH3 is 1. The molecule has 1 N–H and O–H groups in total. The van der Waals surface area contributed by atoms with E-state index < -0.39 is 0 Å². The van der Waals surface area contributed by atoms with E-state index in [0.717, 1.165) is 24.8 Å². The van der Waals surface area contributed by atoms with Crippen LogP contribution in [0.25, 0.3) is 11.0 Å². The fraction of sp³-hybridized carbons (Fsp3) is 0.273. The van der Waals surface area contributed by atoms with Gasteiger partial charge in [-0.2, -0.15) is 0 Å². The zero-order valence-corrected chi connectivity index (χ0v) is 15.7. The number of carbonyl (C=O) groups excluding carboxylic acids is 1. The van der Waals surface area contributed by atoms with Gasteiger partial charge in [-0.25, -0.2) is 4.99 Å². The third kappa shape index (κ3) is 3.92. The molecule has 0 unspecified atom stereocenters. The van der Waals surface area contributed by atoms with Gasteiger partial charge in [0.05, 0.1) is 18.9 Å². The first-order valence-corrected chi connectivity index (χ1v) is 9.35. The largest absolute Gasteiger partial charge is 0.493 e. The predicted molar refractivity (Wildman–Crippen MR) is 106 cm³/mol. The van der Waals surface area contributed by atoms with Crippen molar-refractivity contribution in [1.82, 2.24) is 5.32 Å². The minimum Gasteiger partial charge on any atom is -0.493 e. The lowest BCUT2D eigenvalue weighted by Gasteiger charge is -2.11. The molecule has 0 spiro atoms. The summed E-state index contributed by atoms with van der Waals surface area (Å²) >= 11 is 0. The molecule has 28 heavy (non-hydrogen) atoms. The van der Waals surface area contributed by atoms with E-state index in [4.69, 9.17) is 13.9 Å². The van der Waals surface area contributed by atoms with Crippen molar-refractivity contribution in [3.8, 4) is 5.75 Å². The molecule has 1 saturated heterocycles. The molecule has 6 nitrogen and oxygen atoms in total. The van der Waals surface area contributed by atoms with Gasteiger partial charge in [0, 0.05) is 18.5 Å². The van der Waals surface area contributed by atoms with Crippen LogP contribution >= 0.6 is 0 Å². The van der Waals surface area contributed by atoms with E-state index in [-0.39, 0.29) is 17.6 Å². The Morgan fingerprint density at radius 1 is 1.21 bits per heavy atom. The van der Waals surface area contributed by atoms with E-state index in [1.54, 1.807) is 13.2 Å². The topological polar surface area (TPSA) is 73.1 Å². The first-order valence-electron chi connectivity index (χ1n) is 9.35. The molecule has 4 rings (SSSR count). The number of amides is 1. The number of nitrogens with one attached hydrogen (secondary N) is 1. The highest BCUT2D eigenvalue weighted by Gasteiger charge is 2.19. The maximum Gasteiger partial charge on any atom is 0.256 e. The maximum absolute atomic E-state index is 12.9. The highest BCUT2D eigenvalue weighted by molar-refractivity contribution is 5.97. The molecule has 1 aliphatic rings. The van der Waals surface area contributed by atoms with Crippen molar-refractivity contribution in [3.63, 3.8) is 0 Å². The molecule has 1 aliphatic heterocycles. The van der Waals surface area contributed by atoms with Gasteiger partial charge in [0.1, 0.15) is 5.56 Å². The summed E-state index contributed by atoms with van der Waals surface area (Å²) in [6, 6.07) is 16.7. The van der Waals surface area contributed by atoms with Crippen LogP contribution in [0.3, 0.4) is 0 Å². The van der Waals surface area contributed by atoms with Crippen LogP contribution < -0.4 is 15.6 Å². The standard InChI is InChI=1S/C22H22N2O4/c1-26-19-11-5-7-15-13-18(21(25)23-14-17-10-6-12-27-17)22(28-20(15)19)24-16-8-3-2-4-9-16/h2-5,7-9,11,13,17H,6,10,12,14H2,1H3,(H,23,25)/t17-/m1/s1. The minimum atomic E-state index is -0.237. The molecule has 1 aromatic heterocycles. The van der Waals surface area contributed by atoms with E-state index in [2.05, 4.69) is 10.3 Å². The molecule has 0 saturated carbocycles. The van der Waals surface area contributed by atoms with Crippen molar-refractivity contribution in [2.24, 2.45) is 4.99 Å². The molecule has 1 fully saturated rings. The van der Waals surface area contributed by atoms with Gasteiger partial charge in [-0.05, 0) is 37.1 Å². The lowest BCUT2D eigenvalue weighted by Crippen LogP contribution is -2.34. The van der Waals surface area contributed by atoms with E-state index in [1.165, 1.54) is 0 Å². The summed E-state index contributed by atoms with van der Waals surface area (Å²) in [5.74, 6) is 0.354. The van der Waals surface area contributed by atoms with E-state index in [9.17, 15) is 4.79 Å². The Morgan fingerprint density at radius 2 is 2.07 bits per heavy atom. The third-order valence-electron chi connectivity index (χ3n) is 4.70. The number of carbonyl (C=O) groups is 1. The SMILES string of the molecule is COc1cccc2cc(C(=O)NC[C@H]3CCCO3)c(=Nc3ccccc3)oc12. The lowest BCUT2D eigenvalue weighted by molar-refractivity contribution is 0.0854. The quantitative estimate of drug-likeness (QED) is 0.736. The number of ether oxygens (including phenoxy) is 2. The second-order valence-electron chi connectivity index (χ2n) is 6.64. The zero-order chi connectivity index (χ0) is 19.3. The van der Waals surface area contributed by atoms with Crippen LogP contribution in [0.1, 0.15) is 23.2 Å². The van der Waals surface area contributed by atoms with Crippen LogP contribution in [-0.4, -0.2) is 32.3 Å². The van der Waals surface area contributed by atoms with Gasteiger partial charge in [-0.1, -0.05) is 30.3 Å². The Morgan fingerprint density at radius 3 is 2.82 bits per heavy atom. The van der Waals surface area contributed by atoms with Crippen molar-refractivity contribution in [1.29, 1.82) is 0 Å². The molecule has 3 aromatic rings. The molecule has 1 atom stereocenters. The maximum atomic E-state index is 12.9. The highest BCUT2D eigenvalue weighted by Crippen LogP contribution is 2.25. The summed E-state index contributed by atoms with van der Waals surface area (Å²) in [6.45, 7) is 1.22. The monoisotopic (exact) mass is 378 g/mol. The molecule has 0 aliphatic carbocycles. The molecule has 2 aromatic carbocycles.